The first-order chi connectivity index (χ1) is 17.8. The van der Waals surface area contributed by atoms with Crippen LogP contribution in [0.2, 0.25) is 0 Å². The van der Waals surface area contributed by atoms with Gasteiger partial charge in [0.15, 0.2) is 11.5 Å². The number of nitrogens with zero attached hydrogens (tertiary/aromatic N) is 1. The molecule has 0 aliphatic carbocycles. The molecule has 186 valence electrons. The fourth-order valence-electron chi connectivity index (χ4n) is 4.83. The van der Waals surface area contributed by atoms with Crippen molar-refractivity contribution < 1.29 is 24.5 Å². The van der Waals surface area contributed by atoms with Crippen molar-refractivity contribution in [3.05, 3.63) is 107 Å². The minimum atomic E-state index is -0.938. The summed E-state index contributed by atoms with van der Waals surface area (Å²) in [5, 5.41) is 23.5. The fourth-order valence-corrected chi connectivity index (χ4v) is 4.83. The van der Waals surface area contributed by atoms with Gasteiger partial charge in [0, 0.05) is 10.9 Å². The van der Waals surface area contributed by atoms with Gasteiger partial charge in [0.1, 0.15) is 5.76 Å². The highest BCUT2D eigenvalue weighted by Crippen LogP contribution is 2.45. The summed E-state index contributed by atoms with van der Waals surface area (Å²) in [4.78, 5) is 28.6. The van der Waals surface area contributed by atoms with Crippen molar-refractivity contribution in [2.24, 2.45) is 0 Å². The van der Waals surface area contributed by atoms with Gasteiger partial charge in [-0.25, -0.2) is 0 Å². The van der Waals surface area contributed by atoms with Crippen molar-refractivity contribution in [1.82, 2.24) is 0 Å². The van der Waals surface area contributed by atoms with Gasteiger partial charge in [-0.2, -0.15) is 0 Å². The molecule has 6 nitrogen and oxygen atoms in total. The second-order valence-corrected chi connectivity index (χ2v) is 9.13. The number of carbonyl (C=O) groups is 2. The van der Waals surface area contributed by atoms with Crippen LogP contribution in [0.1, 0.15) is 35.2 Å². The van der Waals surface area contributed by atoms with Gasteiger partial charge in [-0.1, -0.05) is 54.6 Å². The van der Waals surface area contributed by atoms with Crippen molar-refractivity contribution in [1.29, 1.82) is 0 Å². The molecule has 1 aliphatic heterocycles. The third-order valence-electron chi connectivity index (χ3n) is 6.85. The summed E-state index contributed by atoms with van der Waals surface area (Å²) in [7, 11) is 0. The molecule has 2 N–H and O–H groups in total. The van der Waals surface area contributed by atoms with Gasteiger partial charge in [-0.3, -0.25) is 14.5 Å². The van der Waals surface area contributed by atoms with Crippen molar-refractivity contribution in [2.45, 2.75) is 26.8 Å². The summed E-state index contributed by atoms with van der Waals surface area (Å²) >= 11 is 0. The van der Waals surface area contributed by atoms with Gasteiger partial charge in [-0.15, -0.1) is 0 Å². The molecule has 0 aromatic heterocycles. The number of phenolic OH excluding ortho intramolecular Hbond substituents is 1. The summed E-state index contributed by atoms with van der Waals surface area (Å²) in [5.74, 6) is -1.59. The van der Waals surface area contributed by atoms with E-state index in [-0.39, 0.29) is 22.8 Å². The van der Waals surface area contributed by atoms with Crippen LogP contribution in [0, 0.1) is 13.8 Å². The molecule has 1 atom stereocenters. The lowest BCUT2D eigenvalue weighted by molar-refractivity contribution is -0.132. The van der Waals surface area contributed by atoms with Crippen molar-refractivity contribution in [2.75, 3.05) is 11.5 Å². The Kier molecular flexibility index (Phi) is 6.17. The van der Waals surface area contributed by atoms with E-state index in [0.717, 1.165) is 21.9 Å². The normalized spacial score (nSPS) is 16.9. The van der Waals surface area contributed by atoms with E-state index >= 15 is 0 Å². The Labute approximate surface area is 215 Å². The average Bonchev–Trinajstić information content (AvgIpc) is 3.16. The third kappa shape index (κ3) is 4.10. The monoisotopic (exact) mass is 493 g/mol. The van der Waals surface area contributed by atoms with Crippen LogP contribution in [0.5, 0.6) is 11.5 Å². The molecule has 1 fully saturated rings. The number of hydrogen-bond donors (Lipinski definition) is 2. The SMILES string of the molecule is CCOc1cc(C2/C(=C(\O)c3ccc(C)c(C)c3)C(=O)C(=O)N2c2cccc3ccccc23)ccc1O. The second-order valence-electron chi connectivity index (χ2n) is 9.13. The lowest BCUT2D eigenvalue weighted by Gasteiger charge is -2.27. The number of aryl methyl sites for hydroxylation is 2. The number of aliphatic hydroxyl groups excluding tert-OH is 1. The second kappa shape index (κ2) is 9.47. The maximum atomic E-state index is 13.6. The third-order valence-corrected chi connectivity index (χ3v) is 6.85. The summed E-state index contributed by atoms with van der Waals surface area (Å²) in [6.45, 7) is 6.01. The molecule has 0 spiro atoms. The Morgan fingerprint density at radius 2 is 1.68 bits per heavy atom. The predicted molar refractivity (Wildman–Crippen MR) is 144 cm³/mol. The van der Waals surface area contributed by atoms with Gasteiger partial charge in [0.05, 0.1) is 23.9 Å². The number of ketones is 1. The van der Waals surface area contributed by atoms with E-state index in [2.05, 4.69) is 0 Å². The molecule has 0 radical (unpaired) electrons. The molecule has 0 bridgehead atoms. The Balaban J connectivity index is 1.79. The van der Waals surface area contributed by atoms with Gasteiger partial charge in [0.2, 0.25) is 0 Å². The number of anilines is 1. The highest BCUT2D eigenvalue weighted by atomic mass is 16.5. The van der Waals surface area contributed by atoms with Crippen LogP contribution >= 0.6 is 0 Å². The summed E-state index contributed by atoms with van der Waals surface area (Å²) < 4.78 is 5.59. The number of benzene rings is 4. The van der Waals surface area contributed by atoms with Crippen LogP contribution in [-0.2, 0) is 9.59 Å². The van der Waals surface area contributed by atoms with E-state index in [1.54, 1.807) is 37.3 Å². The minimum Gasteiger partial charge on any atom is -0.507 e. The zero-order valence-electron chi connectivity index (χ0n) is 20.9. The van der Waals surface area contributed by atoms with E-state index in [1.165, 1.54) is 11.0 Å². The molecule has 1 unspecified atom stereocenters. The quantitative estimate of drug-likeness (QED) is 0.197. The summed E-state index contributed by atoms with van der Waals surface area (Å²) in [5.41, 5.74) is 3.51. The number of amides is 1. The number of hydrogen-bond acceptors (Lipinski definition) is 5. The van der Waals surface area contributed by atoms with Crippen LogP contribution in [-0.4, -0.2) is 28.5 Å². The molecule has 0 saturated carbocycles. The maximum Gasteiger partial charge on any atom is 0.300 e. The first kappa shape index (κ1) is 24.1. The minimum absolute atomic E-state index is 0.0191. The molecule has 1 amide bonds. The number of aliphatic hydroxyl groups is 1. The summed E-state index contributed by atoms with van der Waals surface area (Å²) in [6, 6.07) is 22.4. The van der Waals surface area contributed by atoms with E-state index in [4.69, 9.17) is 4.74 Å². The number of phenols is 1. The highest BCUT2D eigenvalue weighted by molar-refractivity contribution is 6.52. The van der Waals surface area contributed by atoms with Crippen LogP contribution in [0.4, 0.5) is 5.69 Å². The lowest BCUT2D eigenvalue weighted by Crippen LogP contribution is -2.29. The van der Waals surface area contributed by atoms with Gasteiger partial charge in [0.25, 0.3) is 11.7 Å². The van der Waals surface area contributed by atoms with Crippen molar-refractivity contribution in [3.63, 3.8) is 0 Å². The van der Waals surface area contributed by atoms with Crippen LogP contribution in [0.3, 0.4) is 0 Å². The molecule has 1 heterocycles. The van der Waals surface area contributed by atoms with Gasteiger partial charge >= 0.3 is 0 Å². The van der Waals surface area contributed by atoms with Crippen LogP contribution in [0.25, 0.3) is 16.5 Å². The van der Waals surface area contributed by atoms with Gasteiger partial charge in [-0.05, 0) is 67.1 Å². The first-order valence-corrected chi connectivity index (χ1v) is 12.1. The number of aromatic hydroxyl groups is 1. The maximum absolute atomic E-state index is 13.6. The molecule has 1 saturated heterocycles. The fraction of sp³-hybridized carbons (Fsp3) is 0.161. The molecule has 4 aromatic carbocycles. The Morgan fingerprint density at radius 3 is 2.43 bits per heavy atom. The Morgan fingerprint density at radius 1 is 0.919 bits per heavy atom. The van der Waals surface area contributed by atoms with Crippen LogP contribution in [0.15, 0.2) is 84.4 Å². The number of carbonyl (C=O) groups excluding carboxylic acids is 2. The first-order valence-electron chi connectivity index (χ1n) is 12.1. The molecule has 1 aliphatic rings. The number of rotatable bonds is 5. The highest BCUT2D eigenvalue weighted by Gasteiger charge is 2.47. The molecule has 6 heteroatoms. The zero-order valence-corrected chi connectivity index (χ0v) is 20.9. The Hall–Kier alpha value is -4.58. The van der Waals surface area contributed by atoms with E-state index < -0.39 is 17.7 Å². The molecule has 37 heavy (non-hydrogen) atoms. The summed E-state index contributed by atoms with van der Waals surface area (Å²) in [6.07, 6.45) is 0. The number of fused-ring (bicyclic) bond motifs is 1. The molecular formula is C31H27NO5. The van der Waals surface area contributed by atoms with E-state index in [1.807, 2.05) is 56.3 Å². The standard InChI is InChI=1S/C31H27NO5/c1-4-37-26-17-21(14-15-25(26)33)28-27(29(34)22-13-12-18(2)19(3)16-22)30(35)31(36)32(28)24-11-7-9-20-8-5-6-10-23(20)24/h5-17,28,33-34H,4H2,1-3H3/b29-27+. The predicted octanol–water partition coefficient (Wildman–Crippen LogP) is 6.19. The lowest BCUT2D eigenvalue weighted by atomic mass is 9.93. The van der Waals surface area contributed by atoms with Crippen molar-refractivity contribution in [3.8, 4) is 11.5 Å². The largest absolute Gasteiger partial charge is 0.507 e. The van der Waals surface area contributed by atoms with E-state index in [9.17, 15) is 19.8 Å². The number of Topliss-reactive ketones (excluding diaryl/α,β-unsaturated/α-hetero) is 1. The van der Waals surface area contributed by atoms with Gasteiger partial charge < -0.3 is 14.9 Å². The molecule has 4 aromatic rings. The Bertz CT molecular complexity index is 1580. The molecular weight excluding hydrogens is 466 g/mol. The van der Waals surface area contributed by atoms with E-state index in [0.29, 0.717) is 23.4 Å². The molecule has 5 rings (SSSR count). The topological polar surface area (TPSA) is 87.1 Å². The smallest absolute Gasteiger partial charge is 0.300 e. The zero-order chi connectivity index (χ0) is 26.3. The average molecular weight is 494 g/mol. The number of ether oxygens (including phenoxy) is 1. The van der Waals surface area contributed by atoms with Crippen molar-refractivity contribution >= 4 is 33.9 Å². The van der Waals surface area contributed by atoms with Crippen LogP contribution < -0.4 is 9.64 Å².